The molecule has 3 aromatic rings. The molecule has 0 aliphatic heterocycles. The van der Waals surface area contributed by atoms with E-state index in [9.17, 15) is 9.59 Å². The van der Waals surface area contributed by atoms with Gasteiger partial charge in [0, 0.05) is 28.5 Å². The quantitative estimate of drug-likeness (QED) is 0.220. The molecule has 0 spiro atoms. The molecule has 0 unspecified atom stereocenters. The number of benzene rings is 2. The van der Waals surface area contributed by atoms with Gasteiger partial charge >= 0.3 is 6.03 Å². The SMILES string of the molecule is C=CCN(CC(=O)N(CCc1ccc(OC)c(OC)c1)Cc1cccs1)C(=O)Nc1ccc(SC)cc1. The Bertz CT molecular complexity index is 1170. The van der Waals surface area contributed by atoms with E-state index in [1.54, 1.807) is 48.3 Å². The predicted octanol–water partition coefficient (Wildman–Crippen LogP) is 5.78. The zero-order valence-corrected chi connectivity index (χ0v) is 23.1. The third kappa shape index (κ3) is 8.30. The molecule has 3 amide bonds. The maximum absolute atomic E-state index is 13.5. The zero-order valence-electron chi connectivity index (χ0n) is 21.4. The molecule has 0 radical (unpaired) electrons. The Morgan fingerprint density at radius 2 is 1.81 bits per heavy atom. The topological polar surface area (TPSA) is 71.1 Å². The summed E-state index contributed by atoms with van der Waals surface area (Å²) in [6.45, 7) is 4.93. The summed E-state index contributed by atoms with van der Waals surface area (Å²) in [5, 5.41) is 4.88. The lowest BCUT2D eigenvalue weighted by atomic mass is 10.1. The number of thioether (sulfide) groups is 1. The molecule has 3 rings (SSSR count). The van der Waals surface area contributed by atoms with Crippen LogP contribution in [0.25, 0.3) is 0 Å². The maximum atomic E-state index is 13.5. The van der Waals surface area contributed by atoms with Crippen LogP contribution in [0.5, 0.6) is 11.5 Å². The van der Waals surface area contributed by atoms with Crippen LogP contribution in [0.3, 0.4) is 0 Å². The van der Waals surface area contributed by atoms with Crippen molar-refractivity contribution in [3.8, 4) is 11.5 Å². The number of urea groups is 1. The molecule has 7 nitrogen and oxygen atoms in total. The van der Waals surface area contributed by atoms with Gasteiger partial charge < -0.3 is 24.6 Å². The summed E-state index contributed by atoms with van der Waals surface area (Å²) in [5.41, 5.74) is 1.70. The van der Waals surface area contributed by atoms with Gasteiger partial charge in [0.25, 0.3) is 0 Å². The number of amides is 3. The second-order valence-electron chi connectivity index (χ2n) is 8.16. The minimum atomic E-state index is -0.346. The average Bonchev–Trinajstić information content (AvgIpc) is 3.44. The summed E-state index contributed by atoms with van der Waals surface area (Å²) in [6.07, 6.45) is 4.25. The molecule has 0 atom stereocenters. The molecule has 2 aromatic carbocycles. The Hall–Kier alpha value is -3.43. The summed E-state index contributed by atoms with van der Waals surface area (Å²) < 4.78 is 10.7. The smallest absolute Gasteiger partial charge is 0.322 e. The maximum Gasteiger partial charge on any atom is 0.322 e. The van der Waals surface area contributed by atoms with Crippen LogP contribution in [0.1, 0.15) is 10.4 Å². The monoisotopic (exact) mass is 539 g/mol. The largest absolute Gasteiger partial charge is 0.493 e. The van der Waals surface area contributed by atoms with Gasteiger partial charge in [-0.2, -0.15) is 0 Å². The van der Waals surface area contributed by atoms with E-state index in [0.29, 0.717) is 36.7 Å². The van der Waals surface area contributed by atoms with Crippen LogP contribution >= 0.6 is 23.1 Å². The van der Waals surface area contributed by atoms with Gasteiger partial charge in [-0.1, -0.05) is 18.2 Å². The number of carbonyl (C=O) groups is 2. The summed E-state index contributed by atoms with van der Waals surface area (Å²) in [5.74, 6) is 1.17. The first-order valence-corrected chi connectivity index (χ1v) is 13.9. The molecule has 0 bridgehead atoms. The first-order valence-electron chi connectivity index (χ1n) is 11.8. The number of rotatable bonds is 13. The van der Waals surface area contributed by atoms with Crippen LogP contribution in [0, 0.1) is 0 Å². The summed E-state index contributed by atoms with van der Waals surface area (Å²) in [4.78, 5) is 31.9. The highest BCUT2D eigenvalue weighted by Crippen LogP contribution is 2.28. The second kappa shape index (κ2) is 14.3. The van der Waals surface area contributed by atoms with Crippen molar-refractivity contribution in [2.75, 3.05) is 45.4 Å². The Morgan fingerprint density at radius 1 is 1.05 bits per heavy atom. The number of thiophene rings is 1. The van der Waals surface area contributed by atoms with E-state index in [2.05, 4.69) is 11.9 Å². The molecular weight excluding hydrogens is 506 g/mol. The number of nitrogens with one attached hydrogen (secondary N) is 1. The van der Waals surface area contributed by atoms with Gasteiger partial charge in [0.05, 0.1) is 20.8 Å². The minimum absolute atomic E-state index is 0.0575. The van der Waals surface area contributed by atoms with E-state index in [1.165, 1.54) is 4.90 Å². The highest BCUT2D eigenvalue weighted by Gasteiger charge is 2.21. The van der Waals surface area contributed by atoms with Gasteiger partial charge in [0.2, 0.25) is 5.91 Å². The van der Waals surface area contributed by atoms with Crippen molar-refractivity contribution >= 4 is 40.7 Å². The molecule has 0 aliphatic rings. The fraction of sp³-hybridized carbons (Fsp3) is 0.286. The Kier molecular flexibility index (Phi) is 10.9. The third-order valence-electron chi connectivity index (χ3n) is 5.70. The fourth-order valence-electron chi connectivity index (χ4n) is 3.70. The number of carbonyl (C=O) groups excluding carboxylic acids is 2. The molecule has 0 saturated heterocycles. The van der Waals surface area contributed by atoms with Crippen LogP contribution in [-0.4, -0.2) is 61.8 Å². The number of anilines is 1. The number of hydrogen-bond acceptors (Lipinski definition) is 6. The van der Waals surface area contributed by atoms with E-state index in [0.717, 1.165) is 15.3 Å². The zero-order chi connectivity index (χ0) is 26.6. The van der Waals surface area contributed by atoms with Crippen molar-refractivity contribution in [1.82, 2.24) is 9.80 Å². The summed E-state index contributed by atoms with van der Waals surface area (Å²) in [7, 11) is 3.20. The second-order valence-corrected chi connectivity index (χ2v) is 10.1. The lowest BCUT2D eigenvalue weighted by Gasteiger charge is -2.27. The number of hydrogen-bond donors (Lipinski definition) is 1. The molecule has 0 aliphatic carbocycles. The number of methoxy groups -OCH3 is 2. The van der Waals surface area contributed by atoms with Gasteiger partial charge in [-0.05, 0) is 66.1 Å². The molecule has 37 heavy (non-hydrogen) atoms. The van der Waals surface area contributed by atoms with Crippen molar-refractivity contribution in [2.24, 2.45) is 0 Å². The first-order chi connectivity index (χ1) is 18.0. The number of nitrogens with zero attached hydrogens (tertiary/aromatic N) is 2. The standard InChI is InChI=1S/C28H33N3O4S2/c1-5-15-31(28(33)29-22-9-11-23(36-4)12-10-22)20-27(32)30(19-24-7-6-17-37-24)16-14-21-8-13-25(34-2)26(18-21)35-3/h5-13,17-18H,1,14-16,19-20H2,2-4H3,(H,29,33). The third-order valence-corrected chi connectivity index (χ3v) is 7.31. The van der Waals surface area contributed by atoms with Gasteiger partial charge in [0.15, 0.2) is 11.5 Å². The summed E-state index contributed by atoms with van der Waals surface area (Å²) in [6, 6.07) is 17.0. The van der Waals surface area contributed by atoms with E-state index >= 15 is 0 Å². The molecule has 0 saturated carbocycles. The molecule has 1 heterocycles. The van der Waals surface area contributed by atoms with Crippen molar-refractivity contribution in [3.05, 3.63) is 83.1 Å². The van der Waals surface area contributed by atoms with E-state index < -0.39 is 0 Å². The molecular formula is C28H33N3O4S2. The van der Waals surface area contributed by atoms with Crippen molar-refractivity contribution in [3.63, 3.8) is 0 Å². The average molecular weight is 540 g/mol. The van der Waals surface area contributed by atoms with Crippen molar-refractivity contribution in [2.45, 2.75) is 17.9 Å². The van der Waals surface area contributed by atoms with Crippen LogP contribution in [0.15, 0.2) is 77.5 Å². The van der Waals surface area contributed by atoms with Gasteiger partial charge in [-0.25, -0.2) is 4.79 Å². The van der Waals surface area contributed by atoms with Crippen molar-refractivity contribution < 1.29 is 19.1 Å². The van der Waals surface area contributed by atoms with E-state index in [-0.39, 0.29) is 25.0 Å². The van der Waals surface area contributed by atoms with Crippen LogP contribution in [0.2, 0.25) is 0 Å². The van der Waals surface area contributed by atoms with Crippen LogP contribution in [0.4, 0.5) is 10.5 Å². The first kappa shape index (κ1) is 28.1. The Morgan fingerprint density at radius 3 is 2.43 bits per heavy atom. The van der Waals surface area contributed by atoms with E-state index in [4.69, 9.17) is 9.47 Å². The minimum Gasteiger partial charge on any atom is -0.493 e. The normalized spacial score (nSPS) is 10.5. The van der Waals surface area contributed by atoms with Crippen LogP contribution < -0.4 is 14.8 Å². The molecule has 9 heteroatoms. The van der Waals surface area contributed by atoms with Crippen LogP contribution in [-0.2, 0) is 17.8 Å². The van der Waals surface area contributed by atoms with Gasteiger partial charge in [0.1, 0.15) is 6.54 Å². The summed E-state index contributed by atoms with van der Waals surface area (Å²) >= 11 is 3.23. The highest BCUT2D eigenvalue weighted by molar-refractivity contribution is 7.98. The molecule has 1 aromatic heterocycles. The van der Waals surface area contributed by atoms with Gasteiger partial charge in [-0.3, -0.25) is 4.79 Å². The lowest BCUT2D eigenvalue weighted by Crippen LogP contribution is -2.44. The molecule has 0 fully saturated rings. The van der Waals surface area contributed by atoms with Crippen molar-refractivity contribution in [1.29, 1.82) is 0 Å². The molecule has 196 valence electrons. The fourth-order valence-corrected chi connectivity index (χ4v) is 4.83. The Labute approximate surface area is 227 Å². The lowest BCUT2D eigenvalue weighted by molar-refractivity contribution is -0.132. The van der Waals surface area contributed by atoms with Gasteiger partial charge in [-0.15, -0.1) is 29.7 Å². The van der Waals surface area contributed by atoms with E-state index in [1.807, 2.05) is 66.2 Å². The Balaban J connectivity index is 1.71. The number of ether oxygens (including phenoxy) is 2. The molecule has 1 N–H and O–H groups in total. The highest BCUT2D eigenvalue weighted by atomic mass is 32.2. The predicted molar refractivity (Wildman–Crippen MR) is 152 cm³/mol.